The third-order valence-electron chi connectivity index (χ3n) is 4.58. The number of nitrogens with zero attached hydrogens (tertiary/aromatic N) is 4. The molecule has 4 rings (SSSR count). The Labute approximate surface area is 176 Å². The molecule has 2 aromatic carbocycles. The maximum atomic E-state index is 14.7. The number of hydrogen-bond acceptors (Lipinski definition) is 6. The van der Waals surface area contributed by atoms with Crippen LogP contribution in [-0.4, -0.2) is 26.8 Å². The van der Waals surface area contributed by atoms with Crippen molar-refractivity contribution in [2.45, 2.75) is 31.7 Å². The molecule has 0 N–H and O–H groups in total. The van der Waals surface area contributed by atoms with Crippen LogP contribution in [0.2, 0.25) is 0 Å². The minimum atomic E-state index is -1.26. The number of thioether (sulfide) groups is 1. The molecular weight excluding hydrogens is 410 g/mol. The molecule has 0 unspecified atom stereocenters. The van der Waals surface area contributed by atoms with Gasteiger partial charge in [0.2, 0.25) is 23.2 Å². The number of carbonyl (C=O) groups excluding carboxylic acids is 1. The van der Waals surface area contributed by atoms with E-state index in [1.54, 1.807) is 31.2 Å². The van der Waals surface area contributed by atoms with Gasteiger partial charge in [-0.15, -0.1) is 10.2 Å². The SMILES string of the molecule is CCSc1nnc2c(n1)O[C@H](c1cc(F)ccc1F)N(C(=O)CC)c1ccccc1-2. The Balaban J connectivity index is 1.98. The molecule has 1 atom stereocenters. The summed E-state index contributed by atoms with van der Waals surface area (Å²) in [4.78, 5) is 18.7. The molecule has 0 saturated carbocycles. The summed E-state index contributed by atoms with van der Waals surface area (Å²) >= 11 is 1.37. The molecule has 0 aliphatic carbocycles. The van der Waals surface area contributed by atoms with E-state index in [0.717, 1.165) is 24.0 Å². The lowest BCUT2D eigenvalue weighted by atomic mass is 10.1. The Morgan fingerprint density at radius 1 is 1.17 bits per heavy atom. The van der Waals surface area contributed by atoms with Crippen LogP contribution in [0, 0.1) is 11.6 Å². The number of ether oxygens (including phenoxy) is 1. The van der Waals surface area contributed by atoms with Gasteiger partial charge in [-0.05, 0) is 30.0 Å². The molecule has 0 fully saturated rings. The quantitative estimate of drug-likeness (QED) is 0.558. The van der Waals surface area contributed by atoms with Gasteiger partial charge in [0.1, 0.15) is 11.6 Å². The first-order valence-corrected chi connectivity index (χ1v) is 10.4. The van der Waals surface area contributed by atoms with Gasteiger partial charge < -0.3 is 4.74 Å². The first kappa shape index (κ1) is 20.2. The van der Waals surface area contributed by atoms with E-state index in [1.807, 2.05) is 6.92 Å². The Morgan fingerprint density at radius 3 is 2.73 bits per heavy atom. The molecule has 154 valence electrons. The lowest BCUT2D eigenvalue weighted by molar-refractivity contribution is -0.120. The zero-order valence-electron chi connectivity index (χ0n) is 16.3. The number of rotatable bonds is 4. The minimum absolute atomic E-state index is 0.105. The summed E-state index contributed by atoms with van der Waals surface area (Å²) in [7, 11) is 0. The van der Waals surface area contributed by atoms with E-state index < -0.39 is 17.9 Å². The Hall–Kier alpha value is -3.07. The molecule has 9 heteroatoms. The maximum Gasteiger partial charge on any atom is 0.247 e. The van der Waals surface area contributed by atoms with Crippen molar-refractivity contribution in [3.05, 3.63) is 59.7 Å². The van der Waals surface area contributed by atoms with Crippen LogP contribution in [0.25, 0.3) is 11.3 Å². The first-order chi connectivity index (χ1) is 14.5. The zero-order chi connectivity index (χ0) is 21.3. The number of amides is 1. The number of benzene rings is 2. The third kappa shape index (κ3) is 3.60. The van der Waals surface area contributed by atoms with Crippen LogP contribution >= 0.6 is 11.8 Å². The highest BCUT2D eigenvalue weighted by Gasteiger charge is 2.36. The summed E-state index contributed by atoms with van der Waals surface area (Å²) in [5, 5.41) is 8.78. The number of hydrogen-bond donors (Lipinski definition) is 0. The van der Waals surface area contributed by atoms with E-state index in [-0.39, 0.29) is 23.8 Å². The number of fused-ring (bicyclic) bond motifs is 3. The molecule has 1 aliphatic rings. The van der Waals surface area contributed by atoms with Gasteiger partial charge in [0.05, 0.1) is 11.3 Å². The van der Waals surface area contributed by atoms with Crippen molar-refractivity contribution in [1.82, 2.24) is 15.2 Å². The second-order valence-electron chi connectivity index (χ2n) is 6.45. The number of anilines is 1. The van der Waals surface area contributed by atoms with Crippen molar-refractivity contribution in [2.75, 3.05) is 10.7 Å². The van der Waals surface area contributed by atoms with Gasteiger partial charge in [0, 0.05) is 12.0 Å². The Bertz CT molecular complexity index is 1110. The fourth-order valence-corrected chi connectivity index (χ4v) is 3.75. The molecule has 1 aromatic heterocycles. The molecule has 0 bridgehead atoms. The fraction of sp³-hybridized carbons (Fsp3) is 0.238. The number of aromatic nitrogens is 3. The summed E-state index contributed by atoms with van der Waals surface area (Å²) in [5.74, 6) is -0.825. The van der Waals surface area contributed by atoms with Crippen LogP contribution in [0.1, 0.15) is 32.1 Å². The third-order valence-corrected chi connectivity index (χ3v) is 5.30. The predicted molar refractivity (Wildman–Crippen MR) is 109 cm³/mol. The van der Waals surface area contributed by atoms with Crippen molar-refractivity contribution in [2.24, 2.45) is 0 Å². The van der Waals surface area contributed by atoms with E-state index in [9.17, 15) is 13.6 Å². The molecule has 0 radical (unpaired) electrons. The van der Waals surface area contributed by atoms with Crippen molar-refractivity contribution < 1.29 is 18.3 Å². The Kier molecular flexibility index (Phi) is 5.63. The smallest absolute Gasteiger partial charge is 0.247 e. The average molecular weight is 428 g/mol. The van der Waals surface area contributed by atoms with Crippen molar-refractivity contribution in [3.63, 3.8) is 0 Å². The van der Waals surface area contributed by atoms with Crippen LogP contribution in [0.5, 0.6) is 5.88 Å². The number of carbonyl (C=O) groups is 1. The summed E-state index contributed by atoms with van der Waals surface area (Å²) < 4.78 is 34.8. The monoisotopic (exact) mass is 428 g/mol. The maximum absolute atomic E-state index is 14.7. The van der Waals surface area contributed by atoms with E-state index in [0.29, 0.717) is 22.1 Å². The molecule has 30 heavy (non-hydrogen) atoms. The van der Waals surface area contributed by atoms with Crippen molar-refractivity contribution in [1.29, 1.82) is 0 Å². The highest BCUT2D eigenvalue weighted by molar-refractivity contribution is 7.99. The molecular formula is C21H18F2N4O2S. The predicted octanol–water partition coefficient (Wildman–Crippen LogP) is 4.76. The summed E-state index contributed by atoms with van der Waals surface area (Å²) in [5.41, 5.74) is 1.26. The lowest BCUT2D eigenvalue weighted by Crippen LogP contribution is -2.37. The molecule has 1 aliphatic heterocycles. The lowest BCUT2D eigenvalue weighted by Gasteiger charge is -2.30. The number of para-hydroxylation sites is 1. The van der Waals surface area contributed by atoms with E-state index in [1.165, 1.54) is 16.7 Å². The summed E-state index contributed by atoms with van der Waals surface area (Å²) in [6.07, 6.45) is -1.12. The topological polar surface area (TPSA) is 68.2 Å². The van der Waals surface area contributed by atoms with E-state index in [4.69, 9.17) is 4.74 Å². The second-order valence-corrected chi connectivity index (χ2v) is 7.68. The van der Waals surface area contributed by atoms with E-state index >= 15 is 0 Å². The summed E-state index contributed by atoms with van der Waals surface area (Å²) in [6.45, 7) is 3.64. The van der Waals surface area contributed by atoms with Crippen LogP contribution in [0.4, 0.5) is 14.5 Å². The first-order valence-electron chi connectivity index (χ1n) is 9.44. The molecule has 0 saturated heterocycles. The van der Waals surface area contributed by atoms with Gasteiger partial charge in [-0.2, -0.15) is 4.98 Å². The van der Waals surface area contributed by atoms with Gasteiger partial charge in [-0.25, -0.2) is 8.78 Å². The normalized spacial score (nSPS) is 15.1. The second kappa shape index (κ2) is 8.35. The highest BCUT2D eigenvalue weighted by atomic mass is 32.2. The van der Waals surface area contributed by atoms with Gasteiger partial charge >= 0.3 is 0 Å². The Morgan fingerprint density at radius 2 is 1.97 bits per heavy atom. The minimum Gasteiger partial charge on any atom is -0.447 e. The van der Waals surface area contributed by atoms with Crippen LogP contribution in [0.15, 0.2) is 47.6 Å². The average Bonchev–Trinajstić information content (AvgIpc) is 2.89. The standard InChI is InChI=1S/C21H18F2N4O2S/c1-3-17(28)27-16-8-6-5-7-13(16)18-19(24-21(26-25-18)30-4-2)29-20(27)14-11-12(22)9-10-15(14)23/h5-11,20H,3-4H2,1-2H3/t20-/m1/s1. The molecule has 1 amide bonds. The fourth-order valence-electron chi connectivity index (χ4n) is 3.25. The van der Waals surface area contributed by atoms with Gasteiger partial charge in [0.25, 0.3) is 0 Å². The highest BCUT2D eigenvalue weighted by Crippen LogP contribution is 2.44. The van der Waals surface area contributed by atoms with E-state index in [2.05, 4.69) is 15.2 Å². The largest absolute Gasteiger partial charge is 0.447 e. The van der Waals surface area contributed by atoms with Crippen molar-refractivity contribution >= 4 is 23.4 Å². The van der Waals surface area contributed by atoms with Gasteiger partial charge in [-0.1, -0.05) is 43.8 Å². The van der Waals surface area contributed by atoms with Gasteiger partial charge in [-0.3, -0.25) is 9.69 Å². The van der Waals surface area contributed by atoms with Crippen LogP contribution in [-0.2, 0) is 4.79 Å². The molecule has 6 nitrogen and oxygen atoms in total. The van der Waals surface area contributed by atoms with Gasteiger partial charge in [0.15, 0.2) is 5.69 Å². The molecule has 3 aromatic rings. The summed E-state index contributed by atoms with van der Waals surface area (Å²) in [6, 6.07) is 10.1. The van der Waals surface area contributed by atoms with Crippen LogP contribution in [0.3, 0.4) is 0 Å². The zero-order valence-corrected chi connectivity index (χ0v) is 17.1. The number of halogens is 2. The van der Waals surface area contributed by atoms with Crippen molar-refractivity contribution in [3.8, 4) is 17.1 Å². The van der Waals surface area contributed by atoms with Crippen LogP contribution < -0.4 is 9.64 Å². The molecule has 0 spiro atoms. The molecule has 2 heterocycles.